The molecule has 0 N–H and O–H groups in total. The van der Waals surface area contributed by atoms with Crippen LogP contribution >= 0.6 is 27.3 Å². The lowest BCUT2D eigenvalue weighted by molar-refractivity contribution is 0.00613. The van der Waals surface area contributed by atoms with Crippen molar-refractivity contribution >= 4 is 63.3 Å². The Morgan fingerprint density at radius 2 is 1.82 bits per heavy atom. The summed E-state index contributed by atoms with van der Waals surface area (Å²) in [5.74, 6) is -0.495. The zero-order valence-electron chi connectivity index (χ0n) is 32.3. The molecule has 2 aromatic heterocycles. The Hall–Kier alpha value is -4.17. The van der Waals surface area contributed by atoms with Crippen molar-refractivity contribution in [2.24, 2.45) is 4.99 Å². The quantitative estimate of drug-likeness (QED) is 0.0662. The molecule has 5 aromatic rings. The first-order valence-electron chi connectivity index (χ1n) is 18.6. The first-order chi connectivity index (χ1) is 26.1. The minimum absolute atomic E-state index is 0.171. The number of carbonyl (C=O) groups is 2. The van der Waals surface area contributed by atoms with E-state index in [0.29, 0.717) is 71.9 Å². The second-order valence-corrected chi connectivity index (χ2v) is 23.4. The SMILES string of the molecule is CC(C)(C)OC(=O)c1nc(N2CCc3cccc(C(=O)N=c4sc5ccccc5n4COCC[Si](C)(C)C)c3C2)ccc1CCCOc1ccc(Br)cc1F. The summed E-state index contributed by atoms with van der Waals surface area (Å²) in [4.78, 5) is 39.8. The molecule has 0 atom stereocenters. The largest absolute Gasteiger partial charge is 0.491 e. The van der Waals surface area contributed by atoms with Gasteiger partial charge in [0.05, 0.1) is 16.8 Å². The van der Waals surface area contributed by atoms with Gasteiger partial charge < -0.3 is 19.1 Å². The molecule has 0 radical (unpaired) electrons. The van der Waals surface area contributed by atoms with Gasteiger partial charge in [-0.1, -0.05) is 77.2 Å². The van der Waals surface area contributed by atoms with Crippen LogP contribution in [0.1, 0.15) is 64.7 Å². The maximum absolute atomic E-state index is 14.3. The molecule has 13 heteroatoms. The van der Waals surface area contributed by atoms with E-state index in [1.165, 1.54) is 17.4 Å². The lowest BCUT2D eigenvalue weighted by Crippen LogP contribution is -2.33. The number of esters is 1. The number of hydrogen-bond donors (Lipinski definition) is 0. The van der Waals surface area contributed by atoms with Gasteiger partial charge in [0.25, 0.3) is 5.91 Å². The van der Waals surface area contributed by atoms with E-state index in [-0.39, 0.29) is 24.0 Å². The van der Waals surface area contributed by atoms with Crippen molar-refractivity contribution < 1.29 is 28.2 Å². The summed E-state index contributed by atoms with van der Waals surface area (Å²) in [5.41, 5.74) is 3.72. The minimum atomic E-state index is -1.26. The van der Waals surface area contributed by atoms with E-state index in [2.05, 4.69) is 51.5 Å². The number of anilines is 1. The third kappa shape index (κ3) is 10.6. The molecule has 0 aliphatic carbocycles. The summed E-state index contributed by atoms with van der Waals surface area (Å²) in [6.45, 7) is 14.7. The van der Waals surface area contributed by atoms with Crippen LogP contribution in [0.4, 0.5) is 10.2 Å². The molecule has 1 amide bonds. The first-order valence-corrected chi connectivity index (χ1v) is 23.9. The van der Waals surface area contributed by atoms with Gasteiger partial charge in [-0.3, -0.25) is 9.36 Å². The van der Waals surface area contributed by atoms with Crippen molar-refractivity contribution in [3.8, 4) is 5.75 Å². The van der Waals surface area contributed by atoms with Gasteiger partial charge >= 0.3 is 5.97 Å². The van der Waals surface area contributed by atoms with E-state index >= 15 is 0 Å². The molecule has 0 fully saturated rings. The molecule has 1 aliphatic heterocycles. The molecule has 6 rings (SSSR count). The normalized spacial score (nSPS) is 13.6. The highest BCUT2D eigenvalue weighted by Gasteiger charge is 2.27. The number of aryl methyl sites for hydroxylation is 1. The molecule has 0 spiro atoms. The molecule has 1 aliphatic rings. The Morgan fingerprint density at radius 3 is 2.58 bits per heavy atom. The second-order valence-electron chi connectivity index (χ2n) is 15.9. The summed E-state index contributed by atoms with van der Waals surface area (Å²) < 4.78 is 35.5. The molecule has 290 valence electrons. The Kier molecular flexibility index (Phi) is 12.7. The second kappa shape index (κ2) is 17.3. The smallest absolute Gasteiger partial charge is 0.357 e. The van der Waals surface area contributed by atoms with Crippen LogP contribution in [0.2, 0.25) is 25.7 Å². The third-order valence-electron chi connectivity index (χ3n) is 9.13. The average Bonchev–Trinajstić information content (AvgIpc) is 3.47. The number of ether oxygens (including phenoxy) is 3. The summed E-state index contributed by atoms with van der Waals surface area (Å²) in [7, 11) is -1.26. The van der Waals surface area contributed by atoms with Crippen molar-refractivity contribution in [3.63, 3.8) is 0 Å². The maximum Gasteiger partial charge on any atom is 0.357 e. The van der Waals surface area contributed by atoms with Gasteiger partial charge in [-0.2, -0.15) is 4.99 Å². The lowest BCUT2D eigenvalue weighted by atomic mass is 9.94. The molecular weight excluding hydrogens is 800 g/mol. The Balaban J connectivity index is 1.23. The van der Waals surface area contributed by atoms with Crippen LogP contribution in [-0.2, 0) is 35.6 Å². The van der Waals surface area contributed by atoms with Crippen molar-refractivity contribution in [2.45, 2.75) is 84.6 Å². The molecule has 0 bridgehead atoms. The number of pyridine rings is 1. The Bertz CT molecular complexity index is 2260. The number of para-hydroxylation sites is 1. The number of aromatic nitrogens is 2. The van der Waals surface area contributed by atoms with Gasteiger partial charge in [0.2, 0.25) is 0 Å². The topological polar surface area (TPSA) is 95.2 Å². The molecule has 0 saturated heterocycles. The van der Waals surface area contributed by atoms with Gasteiger partial charge in [0, 0.05) is 37.8 Å². The predicted molar refractivity (Wildman–Crippen MR) is 222 cm³/mol. The van der Waals surface area contributed by atoms with Crippen molar-refractivity contribution in [1.29, 1.82) is 0 Å². The van der Waals surface area contributed by atoms with Crippen LogP contribution in [0, 0.1) is 5.82 Å². The molecule has 0 saturated carbocycles. The summed E-state index contributed by atoms with van der Waals surface area (Å²) in [5, 5.41) is 0. The fourth-order valence-electron chi connectivity index (χ4n) is 6.28. The van der Waals surface area contributed by atoms with Crippen LogP contribution in [0.3, 0.4) is 0 Å². The van der Waals surface area contributed by atoms with Crippen molar-refractivity contribution in [1.82, 2.24) is 9.55 Å². The molecular formula is C42H48BrFN4O5SSi. The number of amides is 1. The van der Waals surface area contributed by atoms with E-state index in [4.69, 9.17) is 19.2 Å². The summed E-state index contributed by atoms with van der Waals surface area (Å²) in [6, 6.07) is 23.4. The predicted octanol–water partition coefficient (Wildman–Crippen LogP) is 9.58. The monoisotopic (exact) mass is 846 g/mol. The number of halogens is 2. The number of fused-ring (bicyclic) bond motifs is 2. The van der Waals surface area contributed by atoms with Gasteiger partial charge in [-0.05, 0) is 105 Å². The number of benzene rings is 3. The minimum Gasteiger partial charge on any atom is -0.491 e. The van der Waals surface area contributed by atoms with Crippen LogP contribution < -0.4 is 14.4 Å². The van der Waals surface area contributed by atoms with Gasteiger partial charge in [-0.15, -0.1) is 0 Å². The first kappa shape index (κ1) is 40.5. The average molecular weight is 848 g/mol. The maximum atomic E-state index is 14.3. The van der Waals surface area contributed by atoms with Crippen LogP contribution in [0.15, 0.2) is 82.3 Å². The summed E-state index contributed by atoms with van der Waals surface area (Å²) >= 11 is 4.74. The highest BCUT2D eigenvalue weighted by molar-refractivity contribution is 9.10. The van der Waals surface area contributed by atoms with Crippen LogP contribution in [0.5, 0.6) is 5.75 Å². The van der Waals surface area contributed by atoms with Crippen molar-refractivity contribution in [3.05, 3.63) is 116 Å². The summed E-state index contributed by atoms with van der Waals surface area (Å²) in [6.07, 6.45) is 1.70. The number of rotatable bonds is 13. The fraction of sp³-hybridized carbons (Fsp3) is 0.381. The third-order valence-corrected chi connectivity index (χ3v) is 12.4. The molecule has 9 nitrogen and oxygen atoms in total. The number of carbonyl (C=O) groups excluding carboxylic acids is 2. The highest BCUT2D eigenvalue weighted by Crippen LogP contribution is 2.29. The highest BCUT2D eigenvalue weighted by atomic mass is 79.9. The zero-order chi connectivity index (χ0) is 39.3. The number of thiazole rings is 1. The van der Waals surface area contributed by atoms with Gasteiger partial charge in [0.1, 0.15) is 18.1 Å². The van der Waals surface area contributed by atoms with Crippen molar-refractivity contribution in [2.75, 3.05) is 24.7 Å². The van der Waals surface area contributed by atoms with E-state index in [1.54, 1.807) is 12.1 Å². The molecule has 0 unspecified atom stereocenters. The molecule has 55 heavy (non-hydrogen) atoms. The molecule has 3 aromatic carbocycles. The molecule has 3 heterocycles. The van der Waals surface area contributed by atoms with Gasteiger partial charge in [-0.25, -0.2) is 14.2 Å². The van der Waals surface area contributed by atoms with E-state index in [1.807, 2.05) is 73.9 Å². The standard InChI is InChI=1S/C42H48BrFN4O5SSi/c1-42(2,3)53-40(50)38-29(12-10-22-52-35-18-17-30(43)25-33(35)44)16-19-37(45-38)47-21-20-28-11-9-13-31(32(28)26-47)39(49)46-41-48(27-51-23-24-55(4,5)6)34-14-7-8-15-36(34)54-41/h7-9,11,13-19,25H,10,12,20-24,26-27H2,1-6H3. The zero-order valence-corrected chi connectivity index (χ0v) is 35.7. The van der Waals surface area contributed by atoms with Gasteiger partial charge in [0.15, 0.2) is 22.1 Å². The van der Waals surface area contributed by atoms with E-state index < -0.39 is 25.5 Å². The van der Waals surface area contributed by atoms with E-state index in [0.717, 1.165) is 27.4 Å². The number of nitrogens with zero attached hydrogens (tertiary/aromatic N) is 4. The van der Waals surface area contributed by atoms with Crippen LogP contribution in [-0.4, -0.2) is 54.9 Å². The lowest BCUT2D eigenvalue weighted by Gasteiger charge is -2.31. The van der Waals surface area contributed by atoms with Crippen LogP contribution in [0.25, 0.3) is 10.2 Å². The Labute approximate surface area is 335 Å². The Morgan fingerprint density at radius 1 is 1.02 bits per heavy atom. The number of hydrogen-bond acceptors (Lipinski definition) is 8. The van der Waals surface area contributed by atoms with E-state index in [9.17, 15) is 14.0 Å². The fourth-order valence-corrected chi connectivity index (χ4v) is 8.39.